The highest BCUT2D eigenvalue weighted by atomic mass is 35.5. The Bertz CT molecular complexity index is 831. The minimum atomic E-state index is -1.83. The summed E-state index contributed by atoms with van der Waals surface area (Å²) in [5.41, 5.74) is 0.723. The minimum Gasteiger partial charge on any atom is -0.375 e. The van der Waals surface area contributed by atoms with Crippen molar-refractivity contribution in [3.05, 3.63) is 64.2 Å². The van der Waals surface area contributed by atoms with Gasteiger partial charge in [0.25, 0.3) is 5.91 Å². The number of anilines is 1. The number of carbonyl (C=O) groups is 2. The molecule has 25 heavy (non-hydrogen) atoms. The molecule has 1 amide bonds. The third-order valence-electron chi connectivity index (χ3n) is 4.52. The van der Waals surface area contributed by atoms with Crippen LogP contribution in [-0.2, 0) is 10.4 Å². The van der Waals surface area contributed by atoms with Crippen molar-refractivity contribution in [2.75, 3.05) is 11.4 Å². The van der Waals surface area contributed by atoms with E-state index in [9.17, 15) is 14.7 Å². The topological polar surface area (TPSA) is 57.6 Å². The van der Waals surface area contributed by atoms with Gasteiger partial charge in [-0.05, 0) is 43.7 Å². The number of rotatable bonds is 5. The van der Waals surface area contributed by atoms with Crippen LogP contribution < -0.4 is 4.90 Å². The fraction of sp³-hybridized carbons (Fsp3) is 0.300. The summed E-state index contributed by atoms with van der Waals surface area (Å²) >= 11 is 5.85. The summed E-state index contributed by atoms with van der Waals surface area (Å²) < 4.78 is 0. The predicted octanol–water partition coefficient (Wildman–Crippen LogP) is 3.87. The zero-order chi connectivity index (χ0) is 18.2. The lowest BCUT2D eigenvalue weighted by Crippen LogP contribution is -2.42. The first-order valence-electron chi connectivity index (χ1n) is 8.31. The van der Waals surface area contributed by atoms with Gasteiger partial charge in [0, 0.05) is 22.7 Å². The number of amides is 1. The monoisotopic (exact) mass is 357 g/mol. The lowest BCUT2D eigenvalue weighted by atomic mass is 9.87. The number of fused-ring (bicyclic) bond motifs is 1. The van der Waals surface area contributed by atoms with E-state index in [1.807, 2.05) is 26.0 Å². The Morgan fingerprint density at radius 1 is 1.20 bits per heavy atom. The molecule has 2 aromatic carbocycles. The number of nitrogens with zero attached hydrogens (tertiary/aromatic N) is 1. The largest absolute Gasteiger partial charge is 0.375 e. The van der Waals surface area contributed by atoms with Gasteiger partial charge in [0.2, 0.25) is 0 Å². The van der Waals surface area contributed by atoms with Crippen LogP contribution >= 0.6 is 11.6 Å². The van der Waals surface area contributed by atoms with E-state index in [1.165, 1.54) is 0 Å². The van der Waals surface area contributed by atoms with Gasteiger partial charge in [-0.25, -0.2) is 0 Å². The average Bonchev–Trinajstić information content (AvgIpc) is 2.77. The van der Waals surface area contributed by atoms with Crippen LogP contribution in [-0.4, -0.2) is 23.3 Å². The zero-order valence-electron chi connectivity index (χ0n) is 14.3. The molecule has 0 radical (unpaired) electrons. The maximum Gasteiger partial charge on any atom is 0.264 e. The molecule has 2 aromatic rings. The lowest BCUT2D eigenvalue weighted by Gasteiger charge is -2.22. The summed E-state index contributed by atoms with van der Waals surface area (Å²) in [7, 11) is 0. The van der Waals surface area contributed by atoms with Gasteiger partial charge in [-0.1, -0.05) is 36.2 Å². The fourth-order valence-corrected chi connectivity index (χ4v) is 3.38. The number of hydrogen-bond donors (Lipinski definition) is 1. The SMILES string of the molecule is CCCN1C(=O)[C@](O)(CC(=O)c2ccc(Cl)cc2)c2cc(C)ccc21. The number of Topliss-reactive ketones (excluding diaryl/α,β-unsaturated/α-hetero) is 1. The average molecular weight is 358 g/mol. The van der Waals surface area contributed by atoms with Crippen LogP contribution in [0.2, 0.25) is 5.02 Å². The second-order valence-electron chi connectivity index (χ2n) is 6.44. The summed E-state index contributed by atoms with van der Waals surface area (Å²) in [5.74, 6) is -0.726. The summed E-state index contributed by atoms with van der Waals surface area (Å²) in [6.07, 6.45) is 0.477. The molecule has 1 aliphatic rings. The first-order valence-corrected chi connectivity index (χ1v) is 8.69. The van der Waals surface area contributed by atoms with Gasteiger partial charge >= 0.3 is 0 Å². The minimum absolute atomic E-state index is 0.288. The summed E-state index contributed by atoms with van der Waals surface area (Å²) in [5, 5.41) is 11.7. The molecule has 130 valence electrons. The molecule has 0 aliphatic carbocycles. The van der Waals surface area contributed by atoms with Crippen LogP contribution in [0.4, 0.5) is 5.69 Å². The number of aliphatic hydroxyl groups is 1. The first-order chi connectivity index (χ1) is 11.9. The van der Waals surface area contributed by atoms with Crippen LogP contribution in [0.15, 0.2) is 42.5 Å². The molecular weight excluding hydrogens is 338 g/mol. The summed E-state index contributed by atoms with van der Waals surface area (Å²) in [6.45, 7) is 4.37. The number of aryl methyl sites for hydroxylation is 1. The molecule has 0 spiro atoms. The van der Waals surface area contributed by atoms with Crippen LogP contribution in [0.3, 0.4) is 0 Å². The summed E-state index contributed by atoms with van der Waals surface area (Å²) in [4.78, 5) is 27.1. The van der Waals surface area contributed by atoms with E-state index in [4.69, 9.17) is 11.6 Å². The van der Waals surface area contributed by atoms with Crippen LogP contribution in [0.1, 0.15) is 41.3 Å². The predicted molar refractivity (Wildman–Crippen MR) is 98.1 cm³/mol. The zero-order valence-corrected chi connectivity index (χ0v) is 15.0. The quantitative estimate of drug-likeness (QED) is 0.826. The molecule has 0 saturated heterocycles. The smallest absolute Gasteiger partial charge is 0.264 e. The molecular formula is C20H20ClNO3. The van der Waals surface area contributed by atoms with Crippen molar-refractivity contribution in [2.24, 2.45) is 0 Å². The molecule has 0 unspecified atom stereocenters. The van der Waals surface area contributed by atoms with Crippen LogP contribution in [0, 0.1) is 6.92 Å². The Kier molecular flexibility index (Phi) is 4.67. The highest BCUT2D eigenvalue weighted by Crippen LogP contribution is 2.43. The third-order valence-corrected chi connectivity index (χ3v) is 4.77. The molecule has 1 heterocycles. The molecule has 3 rings (SSSR count). The lowest BCUT2D eigenvalue weighted by molar-refractivity contribution is -0.135. The van der Waals surface area contributed by atoms with Crippen molar-refractivity contribution in [1.82, 2.24) is 0 Å². The van der Waals surface area contributed by atoms with Crippen LogP contribution in [0.25, 0.3) is 0 Å². The number of carbonyl (C=O) groups excluding carboxylic acids is 2. The first kappa shape index (κ1) is 17.6. The van der Waals surface area contributed by atoms with E-state index in [0.29, 0.717) is 28.4 Å². The van der Waals surface area contributed by atoms with E-state index in [-0.39, 0.29) is 12.2 Å². The normalized spacial score (nSPS) is 19.2. The highest BCUT2D eigenvalue weighted by Gasteiger charge is 2.50. The Morgan fingerprint density at radius 2 is 1.88 bits per heavy atom. The van der Waals surface area contributed by atoms with Gasteiger partial charge in [-0.3, -0.25) is 9.59 Å². The number of benzene rings is 2. The molecule has 1 aliphatic heterocycles. The molecule has 0 bridgehead atoms. The second-order valence-corrected chi connectivity index (χ2v) is 6.88. The van der Waals surface area contributed by atoms with E-state index >= 15 is 0 Å². The van der Waals surface area contributed by atoms with Crippen molar-refractivity contribution < 1.29 is 14.7 Å². The number of ketones is 1. The molecule has 1 N–H and O–H groups in total. The number of hydrogen-bond acceptors (Lipinski definition) is 3. The van der Waals surface area contributed by atoms with Gasteiger partial charge in [0.1, 0.15) is 0 Å². The maximum atomic E-state index is 12.9. The van der Waals surface area contributed by atoms with E-state index in [1.54, 1.807) is 35.2 Å². The molecule has 0 fully saturated rings. The van der Waals surface area contributed by atoms with Crippen molar-refractivity contribution >= 4 is 29.0 Å². The van der Waals surface area contributed by atoms with E-state index in [0.717, 1.165) is 12.0 Å². The van der Waals surface area contributed by atoms with Crippen molar-refractivity contribution in [2.45, 2.75) is 32.3 Å². The van der Waals surface area contributed by atoms with Gasteiger partial charge in [0.15, 0.2) is 11.4 Å². The number of halogens is 1. The second kappa shape index (κ2) is 6.62. The van der Waals surface area contributed by atoms with Gasteiger partial charge in [0.05, 0.1) is 12.1 Å². The Morgan fingerprint density at radius 3 is 2.52 bits per heavy atom. The van der Waals surface area contributed by atoms with Crippen molar-refractivity contribution in [1.29, 1.82) is 0 Å². The third kappa shape index (κ3) is 3.08. The van der Waals surface area contributed by atoms with Gasteiger partial charge in [-0.15, -0.1) is 0 Å². The Hall–Kier alpha value is -2.17. The standard InChI is InChI=1S/C20H20ClNO3/c1-3-10-22-17-9-4-13(2)11-16(17)20(25,19(22)24)12-18(23)14-5-7-15(21)8-6-14/h4-9,11,25H,3,10,12H2,1-2H3/t20-/m0/s1. The van der Waals surface area contributed by atoms with Crippen LogP contribution in [0.5, 0.6) is 0 Å². The maximum absolute atomic E-state index is 12.9. The Balaban J connectivity index is 1.99. The fourth-order valence-electron chi connectivity index (χ4n) is 3.25. The van der Waals surface area contributed by atoms with Crippen molar-refractivity contribution in [3.8, 4) is 0 Å². The van der Waals surface area contributed by atoms with E-state index in [2.05, 4.69) is 0 Å². The van der Waals surface area contributed by atoms with E-state index < -0.39 is 11.5 Å². The molecule has 0 aromatic heterocycles. The molecule has 1 atom stereocenters. The Labute approximate surface area is 152 Å². The molecule has 4 nitrogen and oxygen atoms in total. The van der Waals surface area contributed by atoms with Crippen molar-refractivity contribution in [3.63, 3.8) is 0 Å². The molecule has 5 heteroatoms. The van der Waals surface area contributed by atoms with Gasteiger partial charge in [-0.2, -0.15) is 0 Å². The highest BCUT2D eigenvalue weighted by molar-refractivity contribution is 6.30. The van der Waals surface area contributed by atoms with Gasteiger partial charge < -0.3 is 10.0 Å². The summed E-state index contributed by atoms with van der Waals surface area (Å²) in [6, 6.07) is 12.0. The molecule has 0 saturated carbocycles.